The van der Waals surface area contributed by atoms with Crippen LogP contribution in [-0.4, -0.2) is 29.3 Å². The van der Waals surface area contributed by atoms with E-state index in [0.717, 1.165) is 22.2 Å². The number of rotatable bonds is 9. The molecule has 0 radical (unpaired) electrons. The van der Waals surface area contributed by atoms with E-state index in [2.05, 4.69) is 60.2 Å². The third-order valence-electron chi connectivity index (χ3n) is 6.48. The number of benzene rings is 3. The first-order chi connectivity index (χ1) is 16.7. The van der Waals surface area contributed by atoms with Crippen molar-refractivity contribution in [2.24, 2.45) is 0 Å². The van der Waals surface area contributed by atoms with Gasteiger partial charge in [0.05, 0.1) is 28.9 Å². The Morgan fingerprint density at radius 3 is 1.94 bits per heavy atom. The van der Waals surface area contributed by atoms with Crippen molar-refractivity contribution in [2.75, 3.05) is 6.54 Å². The van der Waals surface area contributed by atoms with Gasteiger partial charge in [0.15, 0.2) is 0 Å². The highest BCUT2D eigenvalue weighted by Crippen LogP contribution is 2.22. The summed E-state index contributed by atoms with van der Waals surface area (Å²) in [5, 5.41) is 8.64. The van der Waals surface area contributed by atoms with Gasteiger partial charge in [0.2, 0.25) is 15.6 Å². The number of hydrogen-bond donors (Lipinski definition) is 2. The fourth-order valence-corrected chi connectivity index (χ4v) is 5.05. The molecule has 0 bridgehead atoms. The van der Waals surface area contributed by atoms with E-state index in [1.807, 2.05) is 40.3 Å². The Balaban J connectivity index is 1.80. The van der Waals surface area contributed by atoms with Gasteiger partial charge in [0.1, 0.15) is 0 Å². The summed E-state index contributed by atoms with van der Waals surface area (Å²) in [6.45, 7) is 8.24. The monoisotopic (exact) mass is 490 g/mol. The van der Waals surface area contributed by atoms with Gasteiger partial charge in [0, 0.05) is 6.54 Å². The first-order valence-corrected chi connectivity index (χ1v) is 13.5. The van der Waals surface area contributed by atoms with Crippen LogP contribution in [0.3, 0.4) is 0 Å². The Morgan fingerprint density at radius 1 is 0.829 bits per heavy atom. The quantitative estimate of drug-likeness (QED) is 0.357. The highest BCUT2D eigenvalue weighted by atomic mass is 32.2. The summed E-state index contributed by atoms with van der Waals surface area (Å²) < 4.78 is 32.0. The first-order valence-electron chi connectivity index (χ1n) is 12.0. The molecule has 0 saturated heterocycles. The summed E-state index contributed by atoms with van der Waals surface area (Å²) in [5.41, 5.74) is 6.83. The fraction of sp³-hybridized carbons (Fsp3) is 0.321. The van der Waals surface area contributed by atoms with Crippen LogP contribution in [0.2, 0.25) is 0 Å². The first kappa shape index (κ1) is 24.9. The topological polar surface area (TPSA) is 79.9 Å². The van der Waals surface area contributed by atoms with Crippen LogP contribution in [0, 0.1) is 19.3 Å². The molecule has 0 fully saturated rings. The zero-order valence-corrected chi connectivity index (χ0v) is 21.6. The second kappa shape index (κ2) is 10.2. The van der Waals surface area contributed by atoms with E-state index in [-0.39, 0.29) is 12.6 Å². The van der Waals surface area contributed by atoms with Crippen molar-refractivity contribution in [3.05, 3.63) is 101 Å². The molecule has 0 spiro atoms. The van der Waals surface area contributed by atoms with Gasteiger partial charge in [-0.25, -0.2) is 13.1 Å². The predicted octanol–water partition coefficient (Wildman–Crippen LogP) is 4.70. The maximum Gasteiger partial charge on any atom is 0.214 e. The fourth-order valence-electron chi connectivity index (χ4n) is 4.29. The molecule has 0 saturated carbocycles. The number of hydrogen-bond acceptors (Lipinski definition) is 3. The number of aryl methyl sites for hydroxylation is 2. The van der Waals surface area contributed by atoms with E-state index in [1.165, 1.54) is 11.1 Å². The molecule has 0 aliphatic heterocycles. The molecule has 35 heavy (non-hydrogen) atoms. The highest BCUT2D eigenvalue weighted by molar-refractivity contribution is 7.90. The van der Waals surface area contributed by atoms with Crippen LogP contribution in [0.25, 0.3) is 11.0 Å². The molecule has 184 valence electrons. The van der Waals surface area contributed by atoms with Crippen LogP contribution >= 0.6 is 0 Å². The number of para-hydroxylation sites is 2. The van der Waals surface area contributed by atoms with Gasteiger partial charge in [-0.2, -0.15) is 0 Å². The van der Waals surface area contributed by atoms with Crippen molar-refractivity contribution in [3.8, 4) is 0 Å². The maximum atomic E-state index is 12.6. The van der Waals surface area contributed by atoms with Crippen LogP contribution in [0.1, 0.15) is 42.1 Å². The van der Waals surface area contributed by atoms with Crippen molar-refractivity contribution in [3.63, 3.8) is 0 Å². The Morgan fingerprint density at radius 2 is 1.37 bits per heavy atom. The molecule has 6 nitrogen and oxygen atoms in total. The third kappa shape index (κ3) is 5.57. The molecule has 4 rings (SSSR count). The minimum Gasteiger partial charge on any atom is -0.306 e. The lowest BCUT2D eigenvalue weighted by molar-refractivity contribution is 0.464. The molecule has 0 aliphatic carbocycles. The van der Waals surface area contributed by atoms with E-state index < -0.39 is 15.3 Å². The summed E-state index contributed by atoms with van der Waals surface area (Å²) in [6, 6.07) is 24.4. The summed E-state index contributed by atoms with van der Waals surface area (Å²) in [4.78, 5) is 0. The summed E-state index contributed by atoms with van der Waals surface area (Å²) >= 11 is 0. The molecule has 0 amide bonds. The van der Waals surface area contributed by atoms with Crippen molar-refractivity contribution in [1.29, 1.82) is 5.41 Å². The van der Waals surface area contributed by atoms with Gasteiger partial charge >= 0.3 is 0 Å². The van der Waals surface area contributed by atoms with Gasteiger partial charge in [-0.3, -0.25) is 5.41 Å². The highest BCUT2D eigenvalue weighted by Gasteiger charge is 2.23. The zero-order valence-electron chi connectivity index (χ0n) is 20.8. The molecular weight excluding hydrogens is 456 g/mol. The Bertz CT molecular complexity index is 1460. The molecule has 1 aromatic heterocycles. The average molecular weight is 491 g/mol. The molecular formula is C28H34N4O2S. The van der Waals surface area contributed by atoms with E-state index in [9.17, 15) is 8.42 Å². The lowest BCUT2D eigenvalue weighted by Crippen LogP contribution is -2.39. The van der Waals surface area contributed by atoms with Gasteiger partial charge in [-0.15, -0.1) is 0 Å². The molecule has 0 aliphatic rings. The minimum atomic E-state index is -3.44. The Labute approximate surface area is 207 Å². The van der Waals surface area contributed by atoms with Crippen LogP contribution in [0.15, 0.2) is 72.8 Å². The van der Waals surface area contributed by atoms with Crippen LogP contribution in [-0.2, 0) is 23.0 Å². The van der Waals surface area contributed by atoms with Crippen molar-refractivity contribution < 1.29 is 8.42 Å². The van der Waals surface area contributed by atoms with E-state index in [0.29, 0.717) is 18.6 Å². The van der Waals surface area contributed by atoms with Crippen molar-refractivity contribution in [2.45, 2.75) is 52.0 Å². The minimum absolute atomic E-state index is 0.212. The number of fused-ring (bicyclic) bond motifs is 1. The zero-order chi connectivity index (χ0) is 25.2. The molecule has 1 atom stereocenters. The van der Waals surface area contributed by atoms with E-state index in [4.69, 9.17) is 5.41 Å². The third-order valence-corrected chi connectivity index (χ3v) is 8.29. The normalized spacial score (nSPS) is 12.9. The molecule has 2 N–H and O–H groups in total. The predicted molar refractivity (Wildman–Crippen MR) is 142 cm³/mol. The molecule has 4 aromatic rings. The lowest BCUT2D eigenvalue weighted by Gasteiger charge is -2.21. The summed E-state index contributed by atoms with van der Waals surface area (Å²) in [6.07, 6.45) is 0.607. The smallest absolute Gasteiger partial charge is 0.214 e. The van der Waals surface area contributed by atoms with Gasteiger partial charge in [-0.1, -0.05) is 71.8 Å². The number of nitrogens with one attached hydrogen (secondary N) is 2. The van der Waals surface area contributed by atoms with Gasteiger partial charge in [0.25, 0.3) is 0 Å². The molecule has 1 heterocycles. The van der Waals surface area contributed by atoms with Crippen LogP contribution < -0.4 is 10.3 Å². The number of nitrogens with zero attached hydrogens (tertiary/aromatic N) is 2. The number of sulfonamides is 1. The average Bonchev–Trinajstić information content (AvgIpc) is 3.10. The molecule has 3 aromatic carbocycles. The van der Waals surface area contributed by atoms with Crippen LogP contribution in [0.5, 0.6) is 0 Å². The van der Waals surface area contributed by atoms with Gasteiger partial charge in [-0.05, 0) is 57.4 Å². The van der Waals surface area contributed by atoms with E-state index in [1.54, 1.807) is 13.8 Å². The standard InChI is InChI=1S/C28H34N4O2S/c1-20(2)35(33,34)30-18-25(17-23-13-9-21(3)10-14-23)32-27-8-6-5-7-26(27)31(28(32)29)19-24-15-11-22(4)12-16-24/h5-16,20,25,29-30H,17-19H2,1-4H3. The lowest BCUT2D eigenvalue weighted by atomic mass is 10.0. The maximum absolute atomic E-state index is 12.6. The van der Waals surface area contributed by atoms with E-state index >= 15 is 0 Å². The second-order valence-corrected chi connectivity index (χ2v) is 11.9. The Kier molecular flexibility index (Phi) is 7.28. The molecule has 1 unspecified atom stereocenters. The summed E-state index contributed by atoms with van der Waals surface area (Å²) in [5.74, 6) is 0. The van der Waals surface area contributed by atoms with Gasteiger partial charge < -0.3 is 9.13 Å². The SMILES string of the molecule is Cc1ccc(CC(CNS(=O)(=O)C(C)C)n2c(=N)n(Cc3ccc(C)cc3)c3ccccc32)cc1. The number of aromatic nitrogens is 2. The second-order valence-electron chi connectivity index (χ2n) is 9.54. The molecule has 7 heteroatoms. The van der Waals surface area contributed by atoms with Crippen molar-refractivity contribution >= 4 is 21.1 Å². The summed E-state index contributed by atoms with van der Waals surface area (Å²) in [7, 11) is -3.44. The largest absolute Gasteiger partial charge is 0.306 e. The van der Waals surface area contributed by atoms with Crippen molar-refractivity contribution in [1.82, 2.24) is 13.9 Å². The number of imidazole rings is 1. The van der Waals surface area contributed by atoms with Crippen LogP contribution in [0.4, 0.5) is 0 Å². The Hall–Kier alpha value is -3.16.